The van der Waals surface area contributed by atoms with Crippen molar-refractivity contribution in [3.63, 3.8) is 0 Å². The second-order valence-electron chi connectivity index (χ2n) is 4.79. The molecule has 0 bridgehead atoms. The molecule has 0 aliphatic carbocycles. The number of hydrogen-bond donors (Lipinski definition) is 0. The van der Waals surface area contributed by atoms with E-state index in [-0.39, 0.29) is 18.0 Å². The van der Waals surface area contributed by atoms with Crippen LogP contribution in [0, 0.1) is 24.0 Å². The van der Waals surface area contributed by atoms with Gasteiger partial charge in [-0.3, -0.25) is 19.6 Å². The number of aryl methyl sites for hydroxylation is 1. The van der Waals surface area contributed by atoms with Crippen LogP contribution in [-0.2, 0) is 6.54 Å². The number of nitrogens with zero attached hydrogens (tertiary/aromatic N) is 3. The number of rotatable bonds is 4. The highest BCUT2D eigenvalue weighted by Crippen LogP contribution is 2.24. The molecule has 0 radical (unpaired) electrons. The first-order valence-electron chi connectivity index (χ1n) is 6.29. The molecule has 110 valence electrons. The Labute approximate surface area is 126 Å². The topological polar surface area (TPSA) is 78.0 Å². The summed E-state index contributed by atoms with van der Waals surface area (Å²) in [6.45, 7) is 5.18. The molecule has 7 heteroatoms. The molecule has 0 unspecified atom stereocenters. The number of aromatic nitrogens is 2. The highest BCUT2D eigenvalue weighted by molar-refractivity contribution is 6.30. The van der Waals surface area contributed by atoms with E-state index in [1.54, 1.807) is 24.6 Å². The van der Waals surface area contributed by atoms with Crippen LogP contribution in [0.2, 0.25) is 5.02 Å². The molecule has 6 nitrogen and oxygen atoms in total. The first kappa shape index (κ1) is 15.2. The summed E-state index contributed by atoms with van der Waals surface area (Å²) in [5.41, 5.74) is 2.29. The number of nitro groups is 1. The zero-order valence-corrected chi connectivity index (χ0v) is 12.6. The van der Waals surface area contributed by atoms with Gasteiger partial charge in [-0.15, -0.1) is 0 Å². The van der Waals surface area contributed by atoms with Crippen molar-refractivity contribution in [2.45, 2.75) is 27.3 Å². The maximum atomic E-state index is 11.6. The van der Waals surface area contributed by atoms with Gasteiger partial charge in [-0.25, -0.2) is 0 Å². The highest BCUT2D eigenvalue weighted by atomic mass is 35.5. The van der Waals surface area contributed by atoms with Crippen LogP contribution >= 0.6 is 11.6 Å². The van der Waals surface area contributed by atoms with Crippen molar-refractivity contribution in [2.75, 3.05) is 0 Å². The third kappa shape index (κ3) is 2.95. The van der Waals surface area contributed by atoms with Crippen LogP contribution in [0.1, 0.15) is 34.2 Å². The lowest BCUT2D eigenvalue weighted by Gasteiger charge is -2.06. The quantitative estimate of drug-likeness (QED) is 0.493. The molecule has 0 atom stereocenters. The molecular formula is C14H14ClN3O3. The SMILES string of the molecule is CC(=O)c1c(C)nn(Cc2cc(Cl)ccc2[N+](=O)[O-])c1C. The first-order valence-corrected chi connectivity index (χ1v) is 6.66. The smallest absolute Gasteiger partial charge is 0.274 e. The van der Waals surface area contributed by atoms with E-state index in [9.17, 15) is 14.9 Å². The second kappa shape index (κ2) is 5.65. The lowest BCUT2D eigenvalue weighted by Crippen LogP contribution is -2.07. The zero-order valence-electron chi connectivity index (χ0n) is 11.9. The first-order chi connectivity index (χ1) is 9.81. The van der Waals surface area contributed by atoms with E-state index in [0.717, 1.165) is 0 Å². The molecule has 0 saturated carbocycles. The van der Waals surface area contributed by atoms with Gasteiger partial charge in [0, 0.05) is 16.8 Å². The van der Waals surface area contributed by atoms with Crippen LogP contribution in [0.5, 0.6) is 0 Å². The molecule has 2 rings (SSSR count). The van der Waals surface area contributed by atoms with Crippen LogP contribution in [0.15, 0.2) is 18.2 Å². The maximum absolute atomic E-state index is 11.6. The molecule has 0 spiro atoms. The lowest BCUT2D eigenvalue weighted by molar-refractivity contribution is -0.385. The van der Waals surface area contributed by atoms with E-state index in [4.69, 9.17) is 11.6 Å². The third-order valence-electron chi connectivity index (χ3n) is 3.29. The molecule has 1 aromatic heterocycles. The summed E-state index contributed by atoms with van der Waals surface area (Å²) < 4.78 is 1.59. The Kier molecular flexibility index (Phi) is 4.09. The minimum absolute atomic E-state index is 0.0173. The number of hydrogen-bond acceptors (Lipinski definition) is 4. The number of carbonyl (C=O) groups is 1. The number of carbonyl (C=O) groups excluding carboxylic acids is 1. The Morgan fingerprint density at radius 2 is 2.10 bits per heavy atom. The van der Waals surface area contributed by atoms with Gasteiger partial charge in [0.05, 0.1) is 28.3 Å². The van der Waals surface area contributed by atoms with Gasteiger partial charge < -0.3 is 0 Å². The second-order valence-corrected chi connectivity index (χ2v) is 5.23. The van der Waals surface area contributed by atoms with Gasteiger partial charge in [0.15, 0.2) is 5.78 Å². The van der Waals surface area contributed by atoms with E-state index in [0.29, 0.717) is 27.5 Å². The van der Waals surface area contributed by atoms with Crippen LogP contribution < -0.4 is 0 Å². The van der Waals surface area contributed by atoms with Gasteiger partial charge >= 0.3 is 0 Å². The predicted octanol–water partition coefficient (Wildman–Crippen LogP) is 3.31. The number of halogens is 1. The highest BCUT2D eigenvalue weighted by Gasteiger charge is 2.19. The minimum Gasteiger partial charge on any atom is -0.294 e. The van der Waals surface area contributed by atoms with E-state index >= 15 is 0 Å². The molecule has 0 saturated heterocycles. The van der Waals surface area contributed by atoms with Crippen molar-refractivity contribution < 1.29 is 9.72 Å². The van der Waals surface area contributed by atoms with Gasteiger partial charge in [0.1, 0.15) is 0 Å². The summed E-state index contributed by atoms with van der Waals surface area (Å²) >= 11 is 5.91. The molecule has 0 aliphatic rings. The van der Waals surface area contributed by atoms with Crippen molar-refractivity contribution in [3.8, 4) is 0 Å². The van der Waals surface area contributed by atoms with Gasteiger partial charge in [0.25, 0.3) is 5.69 Å². The van der Waals surface area contributed by atoms with E-state index in [1.165, 1.54) is 19.1 Å². The van der Waals surface area contributed by atoms with Gasteiger partial charge in [-0.05, 0) is 32.9 Å². The molecule has 0 fully saturated rings. The van der Waals surface area contributed by atoms with E-state index in [2.05, 4.69) is 5.10 Å². The Hall–Kier alpha value is -2.21. The summed E-state index contributed by atoms with van der Waals surface area (Å²) in [7, 11) is 0. The van der Waals surface area contributed by atoms with Crippen LogP contribution in [0.3, 0.4) is 0 Å². The van der Waals surface area contributed by atoms with Crippen molar-refractivity contribution >= 4 is 23.1 Å². The third-order valence-corrected chi connectivity index (χ3v) is 3.53. The number of Topliss-reactive ketones (excluding diaryl/α,β-unsaturated/α-hetero) is 1. The van der Waals surface area contributed by atoms with Gasteiger partial charge in [-0.1, -0.05) is 11.6 Å². The van der Waals surface area contributed by atoms with E-state index < -0.39 is 4.92 Å². The summed E-state index contributed by atoms with van der Waals surface area (Å²) in [4.78, 5) is 22.2. The largest absolute Gasteiger partial charge is 0.294 e. The van der Waals surface area contributed by atoms with Gasteiger partial charge in [-0.2, -0.15) is 5.10 Å². The fourth-order valence-electron chi connectivity index (χ4n) is 2.38. The maximum Gasteiger partial charge on any atom is 0.274 e. The van der Waals surface area contributed by atoms with Crippen LogP contribution in [-0.4, -0.2) is 20.5 Å². The molecule has 0 aliphatic heterocycles. The monoisotopic (exact) mass is 307 g/mol. The summed E-state index contributed by atoms with van der Waals surface area (Å²) in [6.07, 6.45) is 0. The number of nitro benzene ring substituents is 1. The summed E-state index contributed by atoms with van der Waals surface area (Å²) in [5, 5.41) is 15.8. The van der Waals surface area contributed by atoms with Crippen molar-refractivity contribution in [2.24, 2.45) is 0 Å². The summed E-state index contributed by atoms with van der Waals surface area (Å²) in [6, 6.07) is 4.39. The van der Waals surface area contributed by atoms with Gasteiger partial charge in [0.2, 0.25) is 0 Å². The molecule has 1 heterocycles. The molecule has 0 N–H and O–H groups in total. The van der Waals surface area contributed by atoms with Crippen molar-refractivity contribution in [3.05, 3.63) is 55.9 Å². The molecule has 1 aromatic carbocycles. The fourth-order valence-corrected chi connectivity index (χ4v) is 2.58. The van der Waals surface area contributed by atoms with Crippen LogP contribution in [0.4, 0.5) is 5.69 Å². The Morgan fingerprint density at radius 3 is 2.62 bits per heavy atom. The number of ketones is 1. The minimum atomic E-state index is -0.455. The molecule has 0 amide bonds. The zero-order chi connectivity index (χ0) is 15.7. The predicted molar refractivity (Wildman–Crippen MR) is 78.9 cm³/mol. The Bertz CT molecular complexity index is 737. The average Bonchev–Trinajstić information content (AvgIpc) is 2.64. The van der Waals surface area contributed by atoms with Crippen molar-refractivity contribution in [1.82, 2.24) is 9.78 Å². The van der Waals surface area contributed by atoms with Crippen molar-refractivity contribution in [1.29, 1.82) is 0 Å². The van der Waals surface area contributed by atoms with Crippen LogP contribution in [0.25, 0.3) is 0 Å². The molecule has 21 heavy (non-hydrogen) atoms. The summed E-state index contributed by atoms with van der Waals surface area (Å²) in [5.74, 6) is -0.0724. The normalized spacial score (nSPS) is 10.7. The van der Waals surface area contributed by atoms with E-state index in [1.807, 2.05) is 0 Å². The lowest BCUT2D eigenvalue weighted by atomic mass is 10.1. The average molecular weight is 308 g/mol. The molecule has 2 aromatic rings. The standard InChI is InChI=1S/C14H14ClN3O3/c1-8-14(10(3)19)9(2)17(16-8)7-11-6-12(15)4-5-13(11)18(20)21/h4-6H,7H2,1-3H3. The number of benzene rings is 1. The Balaban J connectivity index is 2.48. The fraction of sp³-hybridized carbons (Fsp3) is 0.286. The molecular weight excluding hydrogens is 294 g/mol. The Morgan fingerprint density at radius 1 is 1.43 bits per heavy atom.